The molecule has 0 fully saturated rings. The lowest BCUT2D eigenvalue weighted by Crippen LogP contribution is -2.32. The highest BCUT2D eigenvalue weighted by Crippen LogP contribution is 2.18. The highest BCUT2D eigenvalue weighted by Gasteiger charge is 2.16. The topological polar surface area (TPSA) is 57.6 Å². The van der Waals surface area contributed by atoms with E-state index in [1.165, 1.54) is 7.05 Å². The van der Waals surface area contributed by atoms with Crippen LogP contribution in [0.3, 0.4) is 0 Å². The number of aliphatic imine (C=N–C) groups is 1. The van der Waals surface area contributed by atoms with Gasteiger partial charge in [0.05, 0.1) is 17.9 Å². The highest BCUT2D eigenvalue weighted by atomic mass is 19.2. The van der Waals surface area contributed by atoms with Gasteiger partial charge >= 0.3 is 0 Å². The van der Waals surface area contributed by atoms with E-state index in [-0.39, 0.29) is 24.4 Å². The quantitative estimate of drug-likeness (QED) is 0.201. The first-order valence-electron chi connectivity index (χ1n) is 8.29. The van der Waals surface area contributed by atoms with Gasteiger partial charge in [0.1, 0.15) is 0 Å². The molecule has 0 radical (unpaired) electrons. The zero-order valence-electron chi connectivity index (χ0n) is 15.2. The Morgan fingerprint density at radius 1 is 1.29 bits per heavy atom. The van der Waals surface area contributed by atoms with Crippen LogP contribution in [-0.2, 0) is 17.8 Å². The summed E-state index contributed by atoms with van der Waals surface area (Å²) in [4.78, 5) is 20.1. The van der Waals surface area contributed by atoms with Crippen molar-refractivity contribution in [2.24, 2.45) is 4.99 Å². The van der Waals surface area contributed by atoms with Crippen molar-refractivity contribution in [1.82, 2.24) is 9.88 Å². The number of pyridine rings is 1. The summed E-state index contributed by atoms with van der Waals surface area (Å²) < 4.78 is 53.8. The van der Waals surface area contributed by atoms with Crippen LogP contribution >= 0.6 is 0 Å². The van der Waals surface area contributed by atoms with E-state index in [4.69, 9.17) is 0 Å². The number of guanidine groups is 1. The van der Waals surface area contributed by atoms with Crippen molar-refractivity contribution in [3.05, 3.63) is 71.2 Å². The van der Waals surface area contributed by atoms with Gasteiger partial charge in [0.15, 0.2) is 29.6 Å². The molecule has 5 nitrogen and oxygen atoms in total. The molecule has 148 valence electrons. The molecule has 9 heteroatoms. The Hall–Kier alpha value is -3.23. The van der Waals surface area contributed by atoms with Crippen LogP contribution in [0, 0.1) is 17.5 Å². The van der Waals surface area contributed by atoms with Crippen molar-refractivity contribution >= 4 is 17.9 Å². The Labute approximate surface area is 159 Å². The van der Waals surface area contributed by atoms with Gasteiger partial charge in [-0.25, -0.2) is 17.6 Å². The third-order valence-corrected chi connectivity index (χ3v) is 3.74. The molecule has 0 aliphatic carbocycles. The molecule has 0 unspecified atom stereocenters. The Morgan fingerprint density at radius 3 is 2.54 bits per heavy atom. The lowest BCUT2D eigenvalue weighted by Gasteiger charge is -2.24. The second kappa shape index (κ2) is 9.63. The molecule has 0 aliphatic heterocycles. The van der Waals surface area contributed by atoms with Crippen molar-refractivity contribution in [2.75, 3.05) is 12.4 Å². The number of carbonyl (C=O) groups is 1. The third-order valence-electron chi connectivity index (χ3n) is 3.74. The minimum absolute atomic E-state index is 0.0104. The van der Waals surface area contributed by atoms with Crippen LogP contribution in [0.4, 0.5) is 23.2 Å². The van der Waals surface area contributed by atoms with E-state index in [1.54, 1.807) is 18.3 Å². The van der Waals surface area contributed by atoms with Gasteiger partial charge in [0.25, 0.3) is 0 Å². The maximum atomic E-state index is 13.6. The van der Waals surface area contributed by atoms with Crippen LogP contribution in [0.25, 0.3) is 0 Å². The second-order valence-electron chi connectivity index (χ2n) is 5.66. The van der Waals surface area contributed by atoms with Crippen molar-refractivity contribution in [3.8, 4) is 0 Å². The number of aryl methyl sites for hydroxylation is 1. The van der Waals surface area contributed by atoms with E-state index in [9.17, 15) is 22.4 Å². The Kier molecular flexibility index (Phi) is 7.25. The van der Waals surface area contributed by atoms with Crippen LogP contribution < -0.4 is 5.32 Å². The molecule has 1 heterocycles. The van der Waals surface area contributed by atoms with Crippen molar-refractivity contribution in [2.45, 2.75) is 19.9 Å². The molecular formula is C19H18F4N4O. The number of hydrogen-bond acceptors (Lipinski definition) is 3. The summed E-state index contributed by atoms with van der Waals surface area (Å²) in [5, 5.41) is 2.96. The number of nitrogens with zero attached hydrogens (tertiary/aromatic N) is 3. The average molecular weight is 394 g/mol. The number of halogens is 4. The summed E-state index contributed by atoms with van der Waals surface area (Å²) in [6.07, 6.45) is 3.02. The molecule has 2 aromatic rings. The standard InChI is InChI=1S/C19H18F4N4O/c1-3-16-17(5-4-6-25-16)26-19(24-2)27(10-13(20)11-28)9-12-7-14(21)18(23)15(22)8-12/h4-8,10-11H,3,9H2,1-2H3,(H,24,26)/b13-10+. The number of rotatable bonds is 6. The van der Waals surface area contributed by atoms with E-state index in [2.05, 4.69) is 15.3 Å². The fourth-order valence-electron chi connectivity index (χ4n) is 2.47. The summed E-state index contributed by atoms with van der Waals surface area (Å²) in [5.41, 5.74) is 1.31. The molecule has 0 spiro atoms. The van der Waals surface area contributed by atoms with Gasteiger partial charge in [-0.05, 0) is 36.2 Å². The molecule has 0 atom stereocenters. The predicted octanol–water partition coefficient (Wildman–Crippen LogP) is 3.97. The first-order chi connectivity index (χ1) is 13.4. The van der Waals surface area contributed by atoms with Gasteiger partial charge in [-0.1, -0.05) is 6.92 Å². The fraction of sp³-hybridized carbons (Fsp3) is 0.211. The average Bonchev–Trinajstić information content (AvgIpc) is 2.69. The molecule has 2 rings (SSSR count). The molecule has 1 aromatic heterocycles. The van der Waals surface area contributed by atoms with Crippen LogP contribution in [0.2, 0.25) is 0 Å². The van der Waals surface area contributed by atoms with Crippen molar-refractivity contribution in [3.63, 3.8) is 0 Å². The van der Waals surface area contributed by atoms with E-state index in [1.807, 2.05) is 6.92 Å². The van der Waals surface area contributed by atoms with E-state index in [0.29, 0.717) is 17.8 Å². The maximum absolute atomic E-state index is 13.6. The largest absolute Gasteiger partial charge is 0.324 e. The minimum Gasteiger partial charge on any atom is -0.324 e. The van der Waals surface area contributed by atoms with E-state index < -0.39 is 23.3 Å². The highest BCUT2D eigenvalue weighted by molar-refractivity contribution is 5.95. The molecule has 0 aliphatic rings. The maximum Gasteiger partial charge on any atom is 0.202 e. The fourth-order valence-corrected chi connectivity index (χ4v) is 2.47. The Balaban J connectivity index is 2.39. The normalized spacial score (nSPS) is 12.1. The van der Waals surface area contributed by atoms with Gasteiger partial charge in [-0.15, -0.1) is 0 Å². The summed E-state index contributed by atoms with van der Waals surface area (Å²) in [7, 11) is 1.41. The molecule has 0 amide bonds. The Morgan fingerprint density at radius 2 is 1.96 bits per heavy atom. The summed E-state index contributed by atoms with van der Waals surface area (Å²) in [6.45, 7) is 1.61. The molecule has 0 saturated carbocycles. The number of anilines is 1. The molecule has 1 N–H and O–H groups in total. The molecule has 1 aromatic carbocycles. The van der Waals surface area contributed by atoms with E-state index in [0.717, 1.165) is 23.2 Å². The number of allylic oxidation sites excluding steroid dienone is 1. The first kappa shape index (κ1) is 21.1. The van der Waals surface area contributed by atoms with Gasteiger partial charge < -0.3 is 10.2 Å². The molecule has 0 bridgehead atoms. The summed E-state index contributed by atoms with van der Waals surface area (Å²) in [5.74, 6) is -5.40. The van der Waals surface area contributed by atoms with Crippen LogP contribution in [0.1, 0.15) is 18.2 Å². The number of carbonyl (C=O) groups excluding carboxylic acids is 1. The predicted molar refractivity (Wildman–Crippen MR) is 97.7 cm³/mol. The lowest BCUT2D eigenvalue weighted by molar-refractivity contribution is -0.106. The molecule has 0 saturated heterocycles. The number of nitrogens with one attached hydrogen (secondary N) is 1. The van der Waals surface area contributed by atoms with Crippen LogP contribution in [-0.4, -0.2) is 29.2 Å². The minimum atomic E-state index is -1.60. The van der Waals surface area contributed by atoms with Crippen LogP contribution in [0.5, 0.6) is 0 Å². The number of aldehydes is 1. The van der Waals surface area contributed by atoms with Gasteiger partial charge in [-0.3, -0.25) is 14.8 Å². The van der Waals surface area contributed by atoms with Crippen molar-refractivity contribution < 1.29 is 22.4 Å². The number of aromatic nitrogens is 1. The number of benzene rings is 1. The zero-order valence-corrected chi connectivity index (χ0v) is 15.2. The first-order valence-corrected chi connectivity index (χ1v) is 8.29. The van der Waals surface area contributed by atoms with Gasteiger partial charge in [-0.2, -0.15) is 0 Å². The second-order valence-corrected chi connectivity index (χ2v) is 5.66. The summed E-state index contributed by atoms with van der Waals surface area (Å²) >= 11 is 0. The smallest absolute Gasteiger partial charge is 0.202 e. The SMILES string of the molecule is CCc1ncccc1NC(=NC)N(/C=C(/F)C=O)Cc1cc(F)c(F)c(F)c1. The molecular weight excluding hydrogens is 376 g/mol. The van der Waals surface area contributed by atoms with Gasteiger partial charge in [0, 0.05) is 19.4 Å². The summed E-state index contributed by atoms with van der Waals surface area (Å²) in [6, 6.07) is 4.98. The lowest BCUT2D eigenvalue weighted by atomic mass is 10.2. The van der Waals surface area contributed by atoms with Gasteiger partial charge in [0.2, 0.25) is 5.96 Å². The monoisotopic (exact) mass is 394 g/mol. The third kappa shape index (κ3) is 5.15. The van der Waals surface area contributed by atoms with E-state index >= 15 is 0 Å². The zero-order chi connectivity index (χ0) is 20.7. The number of hydrogen-bond donors (Lipinski definition) is 1. The molecule has 28 heavy (non-hydrogen) atoms. The Bertz CT molecular complexity index is 892. The van der Waals surface area contributed by atoms with Crippen molar-refractivity contribution in [1.29, 1.82) is 0 Å². The van der Waals surface area contributed by atoms with Crippen LogP contribution in [0.15, 0.2) is 47.5 Å².